The van der Waals surface area contributed by atoms with Crippen LogP contribution < -0.4 is 5.32 Å². The van der Waals surface area contributed by atoms with E-state index in [0.29, 0.717) is 12.2 Å². The first kappa shape index (κ1) is 12.9. The Kier molecular flexibility index (Phi) is 4.24. The predicted molar refractivity (Wildman–Crippen MR) is 59.7 cm³/mol. The lowest BCUT2D eigenvalue weighted by atomic mass is 10.1. The minimum absolute atomic E-state index is 0.214. The van der Waals surface area contributed by atoms with E-state index in [4.69, 9.17) is 11.6 Å². The highest BCUT2D eigenvalue weighted by Crippen LogP contribution is 2.33. The maximum atomic E-state index is 12.6. The summed E-state index contributed by atoms with van der Waals surface area (Å²) in [6.45, 7) is 1.83. The van der Waals surface area contributed by atoms with Crippen molar-refractivity contribution in [1.82, 2.24) is 0 Å². The van der Waals surface area contributed by atoms with Crippen molar-refractivity contribution in [3.05, 3.63) is 40.9 Å². The molecule has 1 N–H and O–H groups in total. The summed E-state index contributed by atoms with van der Waals surface area (Å²) in [5.41, 5.74) is 1.33. The van der Waals surface area contributed by atoms with Gasteiger partial charge >= 0.3 is 6.18 Å². The normalized spacial score (nSPS) is 12.1. The van der Waals surface area contributed by atoms with Crippen LogP contribution in [0.25, 0.3) is 0 Å². The zero-order chi connectivity index (χ0) is 12.2. The third-order valence-electron chi connectivity index (χ3n) is 2.06. The minimum atomic E-state index is -4.32. The Bertz CT molecular complexity index is 385. The van der Waals surface area contributed by atoms with Crippen LogP contribution in [0, 0.1) is 6.92 Å². The van der Waals surface area contributed by atoms with Crippen molar-refractivity contribution >= 4 is 17.3 Å². The topological polar surface area (TPSA) is 12.0 Å². The molecule has 16 heavy (non-hydrogen) atoms. The summed E-state index contributed by atoms with van der Waals surface area (Å²) in [6.07, 6.45) is -2.71. The zero-order valence-corrected chi connectivity index (χ0v) is 9.36. The summed E-state index contributed by atoms with van der Waals surface area (Å²) < 4.78 is 37.7. The van der Waals surface area contributed by atoms with Crippen LogP contribution in [-0.4, -0.2) is 6.54 Å². The maximum absolute atomic E-state index is 12.6. The van der Waals surface area contributed by atoms with Crippen LogP contribution in [0.3, 0.4) is 0 Å². The lowest BCUT2D eigenvalue weighted by molar-refractivity contribution is -0.138. The van der Waals surface area contributed by atoms with Crippen molar-refractivity contribution < 1.29 is 13.2 Å². The first-order valence-electron chi connectivity index (χ1n) is 4.62. The van der Waals surface area contributed by atoms with Gasteiger partial charge in [0.25, 0.3) is 0 Å². The van der Waals surface area contributed by atoms with Gasteiger partial charge in [0.05, 0.1) is 5.56 Å². The summed E-state index contributed by atoms with van der Waals surface area (Å²) in [7, 11) is 0. The fraction of sp³-hybridized carbons (Fsp3) is 0.273. The van der Waals surface area contributed by atoms with Crippen molar-refractivity contribution in [1.29, 1.82) is 0 Å². The first-order chi connectivity index (χ1) is 7.45. The van der Waals surface area contributed by atoms with E-state index in [1.807, 2.05) is 0 Å². The molecule has 0 atom stereocenters. The van der Waals surface area contributed by atoms with Gasteiger partial charge in [-0.25, -0.2) is 0 Å². The fourth-order valence-electron chi connectivity index (χ4n) is 1.26. The van der Waals surface area contributed by atoms with Gasteiger partial charge in [-0.3, -0.25) is 0 Å². The van der Waals surface area contributed by atoms with Gasteiger partial charge in [-0.05, 0) is 24.6 Å². The predicted octanol–water partition coefficient (Wildman–Crippen LogP) is 4.18. The van der Waals surface area contributed by atoms with E-state index in [0.717, 1.165) is 6.07 Å². The van der Waals surface area contributed by atoms with Crippen LogP contribution in [0.2, 0.25) is 0 Å². The molecule has 0 saturated heterocycles. The number of hydrogen-bond acceptors (Lipinski definition) is 1. The molecule has 1 nitrogen and oxygen atoms in total. The summed E-state index contributed by atoms with van der Waals surface area (Å²) >= 11 is 5.30. The van der Waals surface area contributed by atoms with Crippen molar-refractivity contribution in [2.45, 2.75) is 13.1 Å². The highest BCUT2D eigenvalue weighted by molar-refractivity contribution is 6.25. The molecule has 0 saturated carbocycles. The molecule has 0 unspecified atom stereocenters. The van der Waals surface area contributed by atoms with Gasteiger partial charge in [0.15, 0.2) is 0 Å². The Morgan fingerprint density at radius 2 is 2.06 bits per heavy atom. The van der Waals surface area contributed by atoms with Crippen molar-refractivity contribution in [2.75, 3.05) is 11.9 Å². The van der Waals surface area contributed by atoms with E-state index in [1.165, 1.54) is 18.5 Å². The van der Waals surface area contributed by atoms with Crippen molar-refractivity contribution in [3.8, 4) is 0 Å². The number of anilines is 1. The van der Waals surface area contributed by atoms with Crippen LogP contribution in [0.5, 0.6) is 0 Å². The van der Waals surface area contributed by atoms with E-state index in [1.54, 1.807) is 12.1 Å². The van der Waals surface area contributed by atoms with Gasteiger partial charge in [-0.15, -0.1) is 0 Å². The van der Waals surface area contributed by atoms with E-state index in [-0.39, 0.29) is 5.56 Å². The number of hydrogen-bond donors (Lipinski definition) is 1. The molecule has 0 aromatic heterocycles. The van der Waals surface area contributed by atoms with Gasteiger partial charge in [-0.1, -0.05) is 23.7 Å². The first-order valence-corrected chi connectivity index (χ1v) is 5.05. The molecule has 0 bridgehead atoms. The Morgan fingerprint density at radius 1 is 1.38 bits per heavy atom. The van der Waals surface area contributed by atoms with E-state index in [2.05, 4.69) is 5.32 Å². The zero-order valence-electron chi connectivity index (χ0n) is 8.61. The molecule has 0 aliphatic heterocycles. The van der Waals surface area contributed by atoms with Crippen LogP contribution >= 0.6 is 11.6 Å². The van der Waals surface area contributed by atoms with Gasteiger partial charge in [0.2, 0.25) is 0 Å². The molecule has 1 aromatic carbocycles. The number of aryl methyl sites for hydroxylation is 1. The second-order valence-electron chi connectivity index (χ2n) is 3.27. The molecule has 1 aromatic rings. The fourth-order valence-corrected chi connectivity index (χ4v) is 1.35. The van der Waals surface area contributed by atoms with E-state index >= 15 is 0 Å². The van der Waals surface area contributed by atoms with Crippen molar-refractivity contribution in [3.63, 3.8) is 0 Å². The summed E-state index contributed by atoms with van der Waals surface area (Å²) in [5, 5.41) is 2.81. The van der Waals surface area contributed by atoms with Gasteiger partial charge in [0, 0.05) is 17.8 Å². The van der Waals surface area contributed by atoms with Crippen molar-refractivity contribution in [2.24, 2.45) is 0 Å². The van der Waals surface area contributed by atoms with E-state index < -0.39 is 11.7 Å². The highest BCUT2D eigenvalue weighted by atomic mass is 35.5. The van der Waals surface area contributed by atoms with Crippen LogP contribution in [0.4, 0.5) is 18.9 Å². The molecule has 0 aliphatic carbocycles. The minimum Gasteiger partial charge on any atom is -0.382 e. The Labute approximate surface area is 96.9 Å². The standard InChI is InChI=1S/C11H11ClF3N/c1-8-3-4-9(16-6-2-5-12)7-10(8)11(13,14)15/h2-5,7,16H,6H2,1H3/b5-2+. The van der Waals surface area contributed by atoms with Gasteiger partial charge in [-0.2, -0.15) is 13.2 Å². The lowest BCUT2D eigenvalue weighted by Gasteiger charge is -2.12. The molecule has 0 radical (unpaired) electrons. The molecule has 88 valence electrons. The molecule has 5 heteroatoms. The monoisotopic (exact) mass is 249 g/mol. The third-order valence-corrected chi connectivity index (χ3v) is 2.23. The molecular formula is C11H11ClF3N. The van der Waals surface area contributed by atoms with Crippen LogP contribution in [0.1, 0.15) is 11.1 Å². The summed E-state index contributed by atoms with van der Waals surface area (Å²) in [5.74, 6) is 0. The van der Waals surface area contributed by atoms with E-state index in [9.17, 15) is 13.2 Å². The summed E-state index contributed by atoms with van der Waals surface area (Å²) in [6, 6.07) is 4.14. The second-order valence-corrected chi connectivity index (χ2v) is 3.52. The number of benzene rings is 1. The van der Waals surface area contributed by atoms with Crippen LogP contribution in [-0.2, 0) is 6.18 Å². The second kappa shape index (κ2) is 5.25. The quantitative estimate of drug-likeness (QED) is 0.847. The van der Waals surface area contributed by atoms with Gasteiger partial charge in [0.1, 0.15) is 0 Å². The number of nitrogens with one attached hydrogen (secondary N) is 1. The maximum Gasteiger partial charge on any atom is 0.416 e. The smallest absolute Gasteiger partial charge is 0.382 e. The average Bonchev–Trinajstić information content (AvgIpc) is 2.19. The third kappa shape index (κ3) is 3.45. The highest BCUT2D eigenvalue weighted by Gasteiger charge is 2.32. The summed E-state index contributed by atoms with van der Waals surface area (Å²) in [4.78, 5) is 0. The molecule has 0 fully saturated rings. The Balaban J connectivity index is 2.90. The number of alkyl halides is 3. The largest absolute Gasteiger partial charge is 0.416 e. The Hall–Kier alpha value is -1.16. The number of rotatable bonds is 3. The lowest BCUT2D eigenvalue weighted by Crippen LogP contribution is -2.08. The SMILES string of the molecule is Cc1ccc(NC/C=C/Cl)cc1C(F)(F)F. The van der Waals surface area contributed by atoms with Gasteiger partial charge < -0.3 is 5.32 Å². The molecule has 0 aliphatic rings. The molecule has 0 spiro atoms. The average molecular weight is 250 g/mol. The Morgan fingerprint density at radius 3 is 2.62 bits per heavy atom. The molecular weight excluding hydrogens is 239 g/mol. The number of halogens is 4. The molecule has 1 rings (SSSR count). The van der Waals surface area contributed by atoms with Crippen LogP contribution in [0.15, 0.2) is 29.8 Å². The molecule has 0 amide bonds. The molecule has 0 heterocycles.